The molecular weight excluding hydrogens is 324 g/mol. The molecule has 0 spiro atoms. The fourth-order valence-corrected chi connectivity index (χ4v) is 2.32. The maximum atomic E-state index is 11.9. The molecule has 0 radical (unpaired) electrons. The number of carbonyl (C=O) groups is 1. The van der Waals surface area contributed by atoms with Gasteiger partial charge in [0.1, 0.15) is 11.3 Å². The average molecular weight is 336 g/mol. The number of sulfonamides is 1. The Morgan fingerprint density at radius 1 is 1.13 bits per heavy atom. The molecule has 120 valence electrons. The molecule has 2 aromatic rings. The highest BCUT2D eigenvalue weighted by Crippen LogP contribution is 2.22. The van der Waals surface area contributed by atoms with Crippen LogP contribution < -0.4 is 11.2 Å². The third-order valence-electron chi connectivity index (χ3n) is 2.73. The Morgan fingerprint density at radius 2 is 1.78 bits per heavy atom. The predicted molar refractivity (Wildman–Crippen MR) is 81.6 cm³/mol. The van der Waals surface area contributed by atoms with E-state index in [0.29, 0.717) is 5.69 Å². The van der Waals surface area contributed by atoms with Crippen molar-refractivity contribution in [3.63, 3.8) is 0 Å². The van der Waals surface area contributed by atoms with Crippen LogP contribution in [0.4, 0.5) is 11.4 Å². The number of rotatable bonds is 5. The number of hydrogen-bond acceptors (Lipinski definition) is 6. The van der Waals surface area contributed by atoms with E-state index in [9.17, 15) is 18.3 Å². The standard InChI is InChI=1S/C13H12N4O5S/c14-8-1-4-10(5-2-8)23(21,22)17-16-15-9-3-6-12(18)11(7-9)13(19)20/h1-7,18H,14H2,(H,15,17)(H,19,20). The van der Waals surface area contributed by atoms with Crippen molar-refractivity contribution in [3.8, 4) is 5.75 Å². The van der Waals surface area contributed by atoms with E-state index in [1.165, 1.54) is 30.3 Å². The Bertz CT molecular complexity index is 862. The lowest BCUT2D eigenvalue weighted by molar-refractivity contribution is 0.0694. The molecule has 10 heteroatoms. The largest absolute Gasteiger partial charge is 0.507 e. The molecule has 9 nitrogen and oxygen atoms in total. The average Bonchev–Trinajstić information content (AvgIpc) is 2.49. The summed E-state index contributed by atoms with van der Waals surface area (Å²) < 4.78 is 27.0. The second-order valence-corrected chi connectivity index (χ2v) is 5.96. The van der Waals surface area contributed by atoms with Crippen LogP contribution in [-0.2, 0) is 10.0 Å². The van der Waals surface area contributed by atoms with Crippen molar-refractivity contribution in [2.24, 2.45) is 9.74 Å². The van der Waals surface area contributed by atoms with Gasteiger partial charge in [0.15, 0.2) is 0 Å². The van der Waals surface area contributed by atoms with Gasteiger partial charge < -0.3 is 15.9 Å². The lowest BCUT2D eigenvalue weighted by Crippen LogP contribution is -2.00. The molecule has 0 fully saturated rings. The summed E-state index contributed by atoms with van der Waals surface area (Å²) in [7, 11) is -4.01. The summed E-state index contributed by atoms with van der Waals surface area (Å²) in [6, 6.07) is 8.93. The van der Waals surface area contributed by atoms with Gasteiger partial charge in [0.05, 0.1) is 10.6 Å². The molecule has 0 saturated carbocycles. The van der Waals surface area contributed by atoms with Gasteiger partial charge in [0.2, 0.25) is 0 Å². The first-order valence-electron chi connectivity index (χ1n) is 6.14. The molecule has 0 unspecified atom stereocenters. The molecular formula is C13H12N4O5S. The van der Waals surface area contributed by atoms with E-state index in [-0.39, 0.29) is 16.1 Å². The Balaban J connectivity index is 2.16. The van der Waals surface area contributed by atoms with Crippen molar-refractivity contribution >= 4 is 27.4 Å². The molecule has 0 aliphatic heterocycles. The van der Waals surface area contributed by atoms with Crippen LogP contribution in [0.3, 0.4) is 0 Å². The van der Waals surface area contributed by atoms with Gasteiger partial charge in [0.25, 0.3) is 0 Å². The molecule has 0 bridgehead atoms. The van der Waals surface area contributed by atoms with E-state index in [2.05, 4.69) is 15.2 Å². The number of carboxylic acid groups (broad SMARTS) is 1. The molecule has 2 aromatic carbocycles. The zero-order chi connectivity index (χ0) is 17.0. The van der Waals surface area contributed by atoms with E-state index >= 15 is 0 Å². The lowest BCUT2D eigenvalue weighted by atomic mass is 10.2. The molecule has 2 rings (SSSR count). The van der Waals surface area contributed by atoms with Crippen molar-refractivity contribution in [2.45, 2.75) is 4.90 Å². The van der Waals surface area contributed by atoms with E-state index in [1.807, 2.05) is 0 Å². The number of anilines is 2. The van der Waals surface area contributed by atoms with Crippen LogP contribution in [0, 0.1) is 0 Å². The SMILES string of the molecule is Nc1ccc(S(=O)(=O)/N=N/Nc2ccc(O)c(C(=O)O)c2)cc1. The summed E-state index contributed by atoms with van der Waals surface area (Å²) in [5.74, 6) is -1.76. The van der Waals surface area contributed by atoms with Gasteiger partial charge in [-0.25, -0.2) is 4.79 Å². The number of benzene rings is 2. The third kappa shape index (κ3) is 3.95. The molecule has 0 aromatic heterocycles. The summed E-state index contributed by atoms with van der Waals surface area (Å²) in [5, 5.41) is 21.6. The van der Waals surface area contributed by atoms with Crippen LogP contribution in [-0.4, -0.2) is 24.6 Å². The Hall–Kier alpha value is -3.14. The zero-order valence-corrected chi connectivity index (χ0v) is 12.4. The fraction of sp³-hybridized carbons (Fsp3) is 0. The second kappa shape index (κ2) is 6.32. The number of nitrogen functional groups attached to an aromatic ring is 1. The van der Waals surface area contributed by atoms with Crippen LogP contribution in [0.15, 0.2) is 57.1 Å². The highest BCUT2D eigenvalue weighted by molar-refractivity contribution is 7.90. The zero-order valence-electron chi connectivity index (χ0n) is 11.5. The maximum absolute atomic E-state index is 11.9. The minimum Gasteiger partial charge on any atom is -0.507 e. The van der Waals surface area contributed by atoms with Crippen molar-refractivity contribution < 1.29 is 23.4 Å². The van der Waals surface area contributed by atoms with E-state index in [4.69, 9.17) is 10.8 Å². The summed E-state index contributed by atoms with van der Waals surface area (Å²) in [4.78, 5) is 10.8. The van der Waals surface area contributed by atoms with Gasteiger partial charge in [-0.05, 0) is 47.0 Å². The van der Waals surface area contributed by atoms with Crippen molar-refractivity contribution in [1.29, 1.82) is 0 Å². The molecule has 0 atom stereocenters. The molecule has 0 aliphatic rings. The second-order valence-electron chi connectivity index (χ2n) is 4.37. The number of carboxylic acids is 1. The fourth-order valence-electron chi connectivity index (χ4n) is 1.60. The third-order valence-corrected chi connectivity index (χ3v) is 3.90. The van der Waals surface area contributed by atoms with E-state index in [1.54, 1.807) is 0 Å². The van der Waals surface area contributed by atoms with Crippen molar-refractivity contribution in [2.75, 3.05) is 11.2 Å². The first-order valence-corrected chi connectivity index (χ1v) is 7.58. The van der Waals surface area contributed by atoms with Crippen LogP contribution in [0.1, 0.15) is 10.4 Å². The maximum Gasteiger partial charge on any atom is 0.339 e. The van der Waals surface area contributed by atoms with Crippen LogP contribution in [0.5, 0.6) is 5.75 Å². The molecule has 0 amide bonds. The summed E-state index contributed by atoms with van der Waals surface area (Å²) in [6.45, 7) is 0. The number of hydrogen-bond donors (Lipinski definition) is 4. The highest BCUT2D eigenvalue weighted by Gasteiger charge is 2.13. The van der Waals surface area contributed by atoms with Gasteiger partial charge in [-0.3, -0.25) is 5.43 Å². The van der Waals surface area contributed by atoms with Crippen LogP contribution >= 0.6 is 0 Å². The number of phenols is 1. The van der Waals surface area contributed by atoms with Gasteiger partial charge in [0, 0.05) is 5.69 Å². The predicted octanol–water partition coefficient (Wildman–Crippen LogP) is 1.84. The van der Waals surface area contributed by atoms with Crippen LogP contribution in [0.25, 0.3) is 0 Å². The summed E-state index contributed by atoms with van der Waals surface area (Å²) in [6.07, 6.45) is 0. The van der Waals surface area contributed by atoms with Crippen molar-refractivity contribution in [1.82, 2.24) is 0 Å². The molecule has 0 saturated heterocycles. The molecule has 0 aliphatic carbocycles. The quantitative estimate of drug-likeness (QED) is 0.281. The number of nitrogens with two attached hydrogens (primary N) is 1. The molecule has 5 N–H and O–H groups in total. The Morgan fingerprint density at radius 3 is 2.39 bits per heavy atom. The monoisotopic (exact) mass is 336 g/mol. The summed E-state index contributed by atoms with van der Waals surface area (Å²) >= 11 is 0. The normalized spacial score (nSPS) is 11.5. The lowest BCUT2D eigenvalue weighted by Gasteiger charge is -2.03. The number of nitrogens with one attached hydrogen (secondary N) is 1. The van der Waals surface area contributed by atoms with Gasteiger partial charge >= 0.3 is 16.0 Å². The van der Waals surface area contributed by atoms with Crippen molar-refractivity contribution in [3.05, 3.63) is 48.0 Å². The minimum absolute atomic E-state index is 0.0887. The summed E-state index contributed by atoms with van der Waals surface area (Å²) in [5.41, 5.74) is 7.95. The minimum atomic E-state index is -4.01. The number of aromatic hydroxyl groups is 1. The molecule has 0 heterocycles. The highest BCUT2D eigenvalue weighted by atomic mass is 32.2. The first-order chi connectivity index (χ1) is 10.8. The molecule has 23 heavy (non-hydrogen) atoms. The topological polar surface area (TPSA) is 154 Å². The first kappa shape index (κ1) is 16.2. The van der Waals surface area contributed by atoms with E-state index < -0.39 is 21.7 Å². The Kier molecular flexibility index (Phi) is 4.46. The van der Waals surface area contributed by atoms with E-state index in [0.717, 1.165) is 12.1 Å². The van der Waals surface area contributed by atoms with Crippen LogP contribution in [0.2, 0.25) is 0 Å². The van der Waals surface area contributed by atoms with Gasteiger partial charge in [-0.2, -0.15) is 8.42 Å². The number of nitrogens with zero attached hydrogens (tertiary/aromatic N) is 2. The number of aromatic carboxylic acids is 1. The van der Waals surface area contributed by atoms with Gasteiger partial charge in [-0.1, -0.05) is 5.22 Å². The smallest absolute Gasteiger partial charge is 0.339 e. The van der Waals surface area contributed by atoms with Gasteiger partial charge in [-0.15, -0.1) is 0 Å². The Labute approximate surface area is 131 Å².